The Kier molecular flexibility index (Phi) is 4.90. The Balaban J connectivity index is 2.23. The summed E-state index contributed by atoms with van der Waals surface area (Å²) in [7, 11) is 0. The van der Waals surface area contributed by atoms with Crippen LogP contribution < -0.4 is 10.1 Å². The molecular weight excluding hydrogens is 344 g/mol. The molecule has 0 aliphatic heterocycles. The predicted molar refractivity (Wildman–Crippen MR) is 79.9 cm³/mol. The van der Waals surface area contributed by atoms with Crippen LogP contribution in [0.4, 0.5) is 14.5 Å². The Morgan fingerprint density at radius 2 is 1.95 bits per heavy atom. The first kappa shape index (κ1) is 15.4. The number of anilines is 1. The van der Waals surface area contributed by atoms with Crippen molar-refractivity contribution in [2.45, 2.75) is 13.5 Å². The molecule has 0 unspecified atom stereocenters. The molecule has 2 rings (SSSR count). The molecule has 0 aromatic heterocycles. The molecule has 0 fully saturated rings. The number of para-hydroxylation sites is 2. The van der Waals surface area contributed by atoms with Crippen molar-refractivity contribution in [2.75, 3.05) is 5.32 Å². The van der Waals surface area contributed by atoms with Gasteiger partial charge in [-0.05, 0) is 52.7 Å². The molecule has 0 saturated carbocycles. The second-order valence-electron chi connectivity index (χ2n) is 4.31. The van der Waals surface area contributed by atoms with Gasteiger partial charge in [-0.1, -0.05) is 18.2 Å². The van der Waals surface area contributed by atoms with E-state index in [0.29, 0.717) is 10.0 Å². The Morgan fingerprint density at radius 3 is 2.62 bits per heavy atom. The van der Waals surface area contributed by atoms with Crippen LogP contribution in [0.15, 0.2) is 46.9 Å². The van der Waals surface area contributed by atoms with E-state index >= 15 is 0 Å². The smallest absolute Gasteiger partial charge is 0.387 e. The van der Waals surface area contributed by atoms with Crippen molar-refractivity contribution in [1.82, 2.24) is 0 Å². The van der Waals surface area contributed by atoms with E-state index < -0.39 is 12.5 Å². The molecule has 2 aromatic rings. The fourth-order valence-corrected chi connectivity index (χ4v) is 2.44. The van der Waals surface area contributed by atoms with Crippen LogP contribution in [0.2, 0.25) is 0 Å². The minimum atomic E-state index is -2.95. The number of aryl methyl sites for hydroxylation is 1. The lowest BCUT2D eigenvalue weighted by Crippen LogP contribution is -2.14. The van der Waals surface area contributed by atoms with Crippen LogP contribution in [-0.2, 0) is 0 Å². The van der Waals surface area contributed by atoms with Crippen molar-refractivity contribution in [2.24, 2.45) is 0 Å². The molecule has 0 saturated heterocycles. The topological polar surface area (TPSA) is 38.3 Å². The number of hydrogen-bond acceptors (Lipinski definition) is 2. The molecule has 6 heteroatoms. The maximum Gasteiger partial charge on any atom is 0.387 e. The summed E-state index contributed by atoms with van der Waals surface area (Å²) in [6.45, 7) is -1.05. The average molecular weight is 356 g/mol. The van der Waals surface area contributed by atoms with Gasteiger partial charge in [0.2, 0.25) is 0 Å². The number of carbonyl (C=O) groups excluding carboxylic acids is 1. The van der Waals surface area contributed by atoms with Gasteiger partial charge in [-0.2, -0.15) is 8.78 Å². The maximum absolute atomic E-state index is 12.3. The molecule has 0 heterocycles. The van der Waals surface area contributed by atoms with E-state index in [2.05, 4.69) is 26.0 Å². The molecule has 0 bridgehead atoms. The van der Waals surface area contributed by atoms with Crippen LogP contribution in [0.1, 0.15) is 15.9 Å². The van der Waals surface area contributed by atoms with E-state index in [1.54, 1.807) is 30.3 Å². The third kappa shape index (κ3) is 4.01. The summed E-state index contributed by atoms with van der Waals surface area (Å²) in [5.41, 5.74) is 1.60. The highest BCUT2D eigenvalue weighted by molar-refractivity contribution is 9.10. The highest BCUT2D eigenvalue weighted by atomic mass is 79.9. The Labute approximate surface area is 129 Å². The summed E-state index contributed by atoms with van der Waals surface area (Å²) >= 11 is 3.31. The standard InChI is InChI=1S/C15H12BrF2NO2/c1-9-6-7-10(11(16)8-9)14(20)19-12-4-2-3-5-13(12)21-15(17)18/h2-8,15H,1H3,(H,19,20). The van der Waals surface area contributed by atoms with E-state index in [-0.39, 0.29) is 11.4 Å². The van der Waals surface area contributed by atoms with Crippen LogP contribution in [0.5, 0.6) is 5.75 Å². The van der Waals surface area contributed by atoms with Crippen molar-refractivity contribution in [3.63, 3.8) is 0 Å². The van der Waals surface area contributed by atoms with Crippen LogP contribution in [-0.4, -0.2) is 12.5 Å². The van der Waals surface area contributed by atoms with E-state index in [9.17, 15) is 13.6 Å². The number of amides is 1. The molecule has 0 aliphatic rings. The first-order valence-corrected chi connectivity index (χ1v) is 6.88. The molecule has 1 amide bonds. The van der Waals surface area contributed by atoms with Crippen molar-refractivity contribution in [1.29, 1.82) is 0 Å². The SMILES string of the molecule is Cc1ccc(C(=O)Nc2ccccc2OC(F)F)c(Br)c1. The lowest BCUT2D eigenvalue weighted by Gasteiger charge is -2.12. The minimum absolute atomic E-state index is 0.0796. The lowest BCUT2D eigenvalue weighted by molar-refractivity contribution is -0.0493. The highest BCUT2D eigenvalue weighted by Gasteiger charge is 2.14. The van der Waals surface area contributed by atoms with Crippen molar-refractivity contribution >= 4 is 27.5 Å². The van der Waals surface area contributed by atoms with E-state index in [1.807, 2.05) is 6.92 Å². The maximum atomic E-state index is 12.3. The molecule has 21 heavy (non-hydrogen) atoms. The van der Waals surface area contributed by atoms with Gasteiger partial charge in [-0.15, -0.1) is 0 Å². The molecule has 0 atom stereocenters. The normalized spacial score (nSPS) is 10.5. The molecule has 3 nitrogen and oxygen atoms in total. The molecule has 110 valence electrons. The fraction of sp³-hybridized carbons (Fsp3) is 0.133. The zero-order valence-electron chi connectivity index (χ0n) is 11.1. The first-order valence-electron chi connectivity index (χ1n) is 6.08. The molecular formula is C15H12BrF2NO2. The van der Waals surface area contributed by atoms with Crippen LogP contribution in [0.3, 0.4) is 0 Å². The van der Waals surface area contributed by atoms with E-state index in [4.69, 9.17) is 0 Å². The zero-order chi connectivity index (χ0) is 15.4. The fourth-order valence-electron chi connectivity index (χ4n) is 1.76. The summed E-state index contributed by atoms with van der Waals surface area (Å²) in [5.74, 6) is -0.490. The Hall–Kier alpha value is -1.95. The molecule has 0 aliphatic carbocycles. The largest absolute Gasteiger partial charge is 0.433 e. The molecule has 0 radical (unpaired) electrons. The molecule has 0 spiro atoms. The van der Waals surface area contributed by atoms with Crippen molar-refractivity contribution < 1.29 is 18.3 Å². The van der Waals surface area contributed by atoms with Gasteiger partial charge in [0.05, 0.1) is 11.3 Å². The summed E-state index contributed by atoms with van der Waals surface area (Å²) in [6.07, 6.45) is 0. The molecule has 1 N–H and O–H groups in total. The van der Waals surface area contributed by atoms with Gasteiger partial charge in [-0.3, -0.25) is 4.79 Å². The number of nitrogens with one attached hydrogen (secondary N) is 1. The van der Waals surface area contributed by atoms with E-state index in [1.165, 1.54) is 12.1 Å². The third-order valence-corrected chi connectivity index (χ3v) is 3.38. The van der Waals surface area contributed by atoms with Gasteiger partial charge in [-0.25, -0.2) is 0 Å². The van der Waals surface area contributed by atoms with Gasteiger partial charge in [0, 0.05) is 4.47 Å². The number of alkyl halides is 2. The molecule has 2 aromatic carbocycles. The number of carbonyl (C=O) groups is 1. The highest BCUT2D eigenvalue weighted by Crippen LogP contribution is 2.27. The van der Waals surface area contributed by atoms with Crippen LogP contribution >= 0.6 is 15.9 Å². The Bertz CT molecular complexity index is 662. The van der Waals surface area contributed by atoms with Gasteiger partial charge in [0.25, 0.3) is 5.91 Å². The van der Waals surface area contributed by atoms with Gasteiger partial charge < -0.3 is 10.1 Å². The number of ether oxygens (including phenoxy) is 1. The zero-order valence-corrected chi connectivity index (χ0v) is 12.7. The summed E-state index contributed by atoms with van der Waals surface area (Å²) < 4.78 is 29.7. The first-order chi connectivity index (χ1) is 9.97. The predicted octanol–water partition coefficient (Wildman–Crippen LogP) is 4.61. The lowest BCUT2D eigenvalue weighted by atomic mass is 10.1. The Morgan fingerprint density at radius 1 is 1.24 bits per heavy atom. The van der Waals surface area contributed by atoms with Crippen molar-refractivity contribution in [3.8, 4) is 5.75 Å². The quantitative estimate of drug-likeness (QED) is 0.869. The van der Waals surface area contributed by atoms with Gasteiger partial charge in [0.15, 0.2) is 0 Å². The second kappa shape index (κ2) is 6.67. The average Bonchev–Trinajstić information content (AvgIpc) is 2.40. The summed E-state index contributed by atoms with van der Waals surface area (Å²) in [5, 5.41) is 2.57. The van der Waals surface area contributed by atoms with E-state index in [0.717, 1.165) is 5.56 Å². The van der Waals surface area contributed by atoms with Crippen LogP contribution in [0.25, 0.3) is 0 Å². The number of halogens is 3. The third-order valence-electron chi connectivity index (χ3n) is 2.72. The monoisotopic (exact) mass is 355 g/mol. The second-order valence-corrected chi connectivity index (χ2v) is 5.17. The van der Waals surface area contributed by atoms with Crippen molar-refractivity contribution in [3.05, 3.63) is 58.1 Å². The number of benzene rings is 2. The van der Waals surface area contributed by atoms with Gasteiger partial charge in [0.1, 0.15) is 5.75 Å². The van der Waals surface area contributed by atoms with Gasteiger partial charge >= 0.3 is 6.61 Å². The summed E-state index contributed by atoms with van der Waals surface area (Å²) in [4.78, 5) is 12.2. The number of rotatable bonds is 4. The number of hydrogen-bond donors (Lipinski definition) is 1. The summed E-state index contributed by atoms with van der Waals surface area (Å²) in [6, 6.07) is 11.3. The minimum Gasteiger partial charge on any atom is -0.433 e. The van der Waals surface area contributed by atoms with Crippen LogP contribution in [0, 0.1) is 6.92 Å².